The molecule has 7 heteroatoms. The van der Waals surface area contributed by atoms with Crippen molar-refractivity contribution in [1.29, 1.82) is 5.26 Å². The molecule has 1 aromatic rings. The third-order valence-corrected chi connectivity index (χ3v) is 2.57. The third kappa shape index (κ3) is 2.43. The number of hydrogen-bond donors (Lipinski definition) is 1. The number of aromatic nitrogens is 1. The molecular formula is C11H14N4O3. The molecule has 0 atom stereocenters. The van der Waals surface area contributed by atoms with Gasteiger partial charge in [-0.3, -0.25) is 0 Å². The van der Waals surface area contributed by atoms with Gasteiger partial charge in [-0.2, -0.15) is 10.2 Å². The molecule has 1 N–H and O–H groups in total. The molecule has 0 spiro atoms. The second-order valence-electron chi connectivity index (χ2n) is 3.74. The summed E-state index contributed by atoms with van der Waals surface area (Å²) in [6.45, 7) is 4.98. The number of carbonyl (C=O) groups is 1. The SMILES string of the molecule is CCOC(=O)c1nc(C#N)c(N2CCNCC2)o1. The molecule has 18 heavy (non-hydrogen) atoms. The number of anilines is 1. The summed E-state index contributed by atoms with van der Waals surface area (Å²) in [5.41, 5.74) is 0.125. The number of rotatable bonds is 3. The van der Waals surface area contributed by atoms with E-state index in [4.69, 9.17) is 14.4 Å². The van der Waals surface area contributed by atoms with E-state index in [0.717, 1.165) is 13.1 Å². The molecule has 7 nitrogen and oxygen atoms in total. The van der Waals surface area contributed by atoms with Crippen molar-refractivity contribution >= 4 is 11.9 Å². The van der Waals surface area contributed by atoms with Crippen LogP contribution in [0.3, 0.4) is 0 Å². The molecule has 1 aliphatic heterocycles. The Labute approximate surface area is 104 Å². The van der Waals surface area contributed by atoms with Gasteiger partial charge in [-0.05, 0) is 6.92 Å². The lowest BCUT2D eigenvalue weighted by atomic mass is 10.3. The van der Waals surface area contributed by atoms with Gasteiger partial charge in [0.25, 0.3) is 0 Å². The summed E-state index contributed by atoms with van der Waals surface area (Å²) >= 11 is 0. The minimum atomic E-state index is -0.643. The summed E-state index contributed by atoms with van der Waals surface area (Å²) in [6, 6.07) is 1.94. The van der Waals surface area contributed by atoms with Crippen molar-refractivity contribution in [2.75, 3.05) is 37.7 Å². The largest absolute Gasteiger partial charge is 0.459 e. The van der Waals surface area contributed by atoms with E-state index >= 15 is 0 Å². The number of oxazole rings is 1. The van der Waals surface area contributed by atoms with Gasteiger partial charge in [-0.15, -0.1) is 0 Å². The summed E-state index contributed by atoms with van der Waals surface area (Å²) in [6.07, 6.45) is 0. The Morgan fingerprint density at radius 2 is 2.33 bits per heavy atom. The molecule has 0 aliphatic carbocycles. The number of carbonyl (C=O) groups excluding carboxylic acids is 1. The number of nitrogens with one attached hydrogen (secondary N) is 1. The Kier molecular flexibility index (Phi) is 3.79. The maximum absolute atomic E-state index is 11.5. The van der Waals surface area contributed by atoms with Crippen molar-refractivity contribution in [3.8, 4) is 6.07 Å². The van der Waals surface area contributed by atoms with E-state index < -0.39 is 5.97 Å². The van der Waals surface area contributed by atoms with E-state index in [-0.39, 0.29) is 18.2 Å². The van der Waals surface area contributed by atoms with Crippen LogP contribution in [0.4, 0.5) is 5.88 Å². The fourth-order valence-electron chi connectivity index (χ4n) is 1.75. The van der Waals surface area contributed by atoms with Crippen LogP contribution in [-0.2, 0) is 4.74 Å². The van der Waals surface area contributed by atoms with Gasteiger partial charge in [0.1, 0.15) is 6.07 Å². The third-order valence-electron chi connectivity index (χ3n) is 2.57. The van der Waals surface area contributed by atoms with Crippen molar-refractivity contribution in [3.63, 3.8) is 0 Å². The molecule has 0 saturated carbocycles. The van der Waals surface area contributed by atoms with Crippen LogP contribution in [0.1, 0.15) is 23.3 Å². The lowest BCUT2D eigenvalue weighted by Gasteiger charge is -2.26. The van der Waals surface area contributed by atoms with Crippen LogP contribution in [0.5, 0.6) is 0 Å². The lowest BCUT2D eigenvalue weighted by molar-refractivity contribution is 0.0481. The normalized spacial score (nSPS) is 15.2. The van der Waals surface area contributed by atoms with Crippen LogP contribution in [0.25, 0.3) is 0 Å². The van der Waals surface area contributed by atoms with Gasteiger partial charge in [-0.1, -0.05) is 0 Å². The zero-order chi connectivity index (χ0) is 13.0. The molecule has 0 bridgehead atoms. The first-order valence-corrected chi connectivity index (χ1v) is 5.80. The molecule has 0 amide bonds. The highest BCUT2D eigenvalue weighted by Gasteiger charge is 2.24. The van der Waals surface area contributed by atoms with Crippen LogP contribution < -0.4 is 10.2 Å². The predicted molar refractivity (Wildman–Crippen MR) is 62.3 cm³/mol. The van der Waals surface area contributed by atoms with Gasteiger partial charge in [0.2, 0.25) is 11.6 Å². The van der Waals surface area contributed by atoms with Gasteiger partial charge in [-0.25, -0.2) is 4.79 Å². The number of ether oxygens (including phenoxy) is 1. The number of esters is 1. The average Bonchev–Trinajstić information content (AvgIpc) is 2.84. The summed E-state index contributed by atoms with van der Waals surface area (Å²) in [5.74, 6) is -0.459. The van der Waals surface area contributed by atoms with Gasteiger partial charge in [0.15, 0.2) is 0 Å². The Morgan fingerprint density at radius 3 is 2.94 bits per heavy atom. The van der Waals surface area contributed by atoms with Crippen LogP contribution in [0.2, 0.25) is 0 Å². The molecule has 1 aliphatic rings. The second-order valence-corrected chi connectivity index (χ2v) is 3.74. The van der Waals surface area contributed by atoms with Crippen molar-refractivity contribution in [1.82, 2.24) is 10.3 Å². The van der Waals surface area contributed by atoms with Crippen LogP contribution >= 0.6 is 0 Å². The van der Waals surface area contributed by atoms with Gasteiger partial charge < -0.3 is 19.4 Å². The molecule has 0 radical (unpaired) electrons. The minimum absolute atomic E-state index is 0.125. The predicted octanol–water partition coefficient (Wildman–Crippen LogP) is 0.133. The summed E-state index contributed by atoms with van der Waals surface area (Å²) < 4.78 is 10.1. The molecule has 1 fully saturated rings. The molecule has 0 aromatic carbocycles. The number of hydrogen-bond acceptors (Lipinski definition) is 7. The molecule has 1 aromatic heterocycles. The summed E-state index contributed by atoms with van der Waals surface area (Å²) in [7, 11) is 0. The summed E-state index contributed by atoms with van der Waals surface area (Å²) in [5, 5.41) is 12.2. The molecule has 0 unspecified atom stereocenters. The van der Waals surface area contributed by atoms with Gasteiger partial charge in [0, 0.05) is 26.2 Å². The minimum Gasteiger partial charge on any atom is -0.459 e. The topological polar surface area (TPSA) is 91.4 Å². The Bertz CT molecular complexity index is 471. The Hall–Kier alpha value is -2.07. The summed E-state index contributed by atoms with van der Waals surface area (Å²) in [4.78, 5) is 17.2. The maximum Gasteiger partial charge on any atom is 0.394 e. The van der Waals surface area contributed by atoms with Crippen molar-refractivity contribution in [3.05, 3.63) is 11.6 Å². The van der Waals surface area contributed by atoms with E-state index in [2.05, 4.69) is 10.3 Å². The van der Waals surface area contributed by atoms with E-state index in [1.165, 1.54) is 0 Å². The quantitative estimate of drug-likeness (QED) is 0.762. The Balaban J connectivity index is 2.24. The molecule has 2 rings (SSSR count). The zero-order valence-corrected chi connectivity index (χ0v) is 10.1. The van der Waals surface area contributed by atoms with E-state index in [9.17, 15) is 4.79 Å². The lowest BCUT2D eigenvalue weighted by Crippen LogP contribution is -2.43. The van der Waals surface area contributed by atoms with Crippen molar-refractivity contribution in [2.24, 2.45) is 0 Å². The van der Waals surface area contributed by atoms with E-state index in [1.807, 2.05) is 11.0 Å². The van der Waals surface area contributed by atoms with Crippen molar-refractivity contribution in [2.45, 2.75) is 6.92 Å². The average molecular weight is 250 g/mol. The number of nitrogens with zero attached hydrogens (tertiary/aromatic N) is 3. The monoisotopic (exact) mass is 250 g/mol. The maximum atomic E-state index is 11.5. The van der Waals surface area contributed by atoms with Crippen LogP contribution in [-0.4, -0.2) is 43.7 Å². The highest BCUT2D eigenvalue weighted by molar-refractivity contribution is 5.85. The van der Waals surface area contributed by atoms with E-state index in [1.54, 1.807) is 6.92 Å². The van der Waals surface area contributed by atoms with Gasteiger partial charge >= 0.3 is 11.9 Å². The molecule has 1 saturated heterocycles. The van der Waals surface area contributed by atoms with E-state index in [0.29, 0.717) is 19.0 Å². The highest BCUT2D eigenvalue weighted by atomic mass is 16.5. The number of nitriles is 1. The fraction of sp³-hybridized carbons (Fsp3) is 0.545. The number of piperazine rings is 1. The van der Waals surface area contributed by atoms with Crippen LogP contribution in [0.15, 0.2) is 4.42 Å². The highest BCUT2D eigenvalue weighted by Crippen LogP contribution is 2.22. The fourth-order valence-corrected chi connectivity index (χ4v) is 1.75. The van der Waals surface area contributed by atoms with Crippen LogP contribution in [0, 0.1) is 11.3 Å². The molecular weight excluding hydrogens is 236 g/mol. The van der Waals surface area contributed by atoms with Crippen molar-refractivity contribution < 1.29 is 13.9 Å². The first-order valence-electron chi connectivity index (χ1n) is 5.80. The second kappa shape index (κ2) is 5.51. The first kappa shape index (κ1) is 12.4. The zero-order valence-electron chi connectivity index (χ0n) is 10.1. The molecule has 96 valence electrons. The molecule has 2 heterocycles. The van der Waals surface area contributed by atoms with Gasteiger partial charge in [0.05, 0.1) is 6.61 Å². The Morgan fingerprint density at radius 1 is 1.61 bits per heavy atom. The standard InChI is InChI=1S/C11H14N4O3/c1-2-17-11(16)9-14-8(7-12)10(18-9)15-5-3-13-4-6-15/h13H,2-6H2,1H3. The first-order chi connectivity index (χ1) is 8.76. The smallest absolute Gasteiger partial charge is 0.394 e.